The fourth-order valence-corrected chi connectivity index (χ4v) is 4.56. The number of nitrogens with zero attached hydrogens (tertiary/aromatic N) is 1. The standard InChI is InChI=1S/C9H15NO4S/c11-8(12)9(4-1-2-5-9)10-6-3-7-15(10,13)14/h1-7H2,(H,11,12). The predicted molar refractivity (Wildman–Crippen MR) is 53.9 cm³/mol. The summed E-state index contributed by atoms with van der Waals surface area (Å²) in [4.78, 5) is 11.3. The van der Waals surface area contributed by atoms with Crippen LogP contribution in [0.4, 0.5) is 0 Å². The van der Waals surface area contributed by atoms with Crippen molar-refractivity contribution in [3.8, 4) is 0 Å². The number of sulfonamides is 1. The first-order chi connectivity index (χ1) is 6.99. The van der Waals surface area contributed by atoms with E-state index in [2.05, 4.69) is 0 Å². The molecule has 1 N–H and O–H groups in total. The average molecular weight is 233 g/mol. The molecule has 5 nitrogen and oxygen atoms in total. The van der Waals surface area contributed by atoms with Crippen LogP contribution in [0.3, 0.4) is 0 Å². The molecule has 1 saturated carbocycles. The Bertz CT molecular complexity index is 370. The SMILES string of the molecule is O=C(O)C1(N2CCCS2(=O)=O)CCCC1. The Balaban J connectivity index is 2.38. The minimum atomic E-state index is -3.32. The van der Waals surface area contributed by atoms with Crippen molar-refractivity contribution in [3.05, 3.63) is 0 Å². The van der Waals surface area contributed by atoms with Crippen LogP contribution in [0.2, 0.25) is 0 Å². The topological polar surface area (TPSA) is 74.7 Å². The lowest BCUT2D eigenvalue weighted by Gasteiger charge is -2.32. The van der Waals surface area contributed by atoms with Gasteiger partial charge >= 0.3 is 5.97 Å². The highest BCUT2D eigenvalue weighted by Crippen LogP contribution is 2.39. The molecule has 86 valence electrons. The first kappa shape index (κ1) is 10.9. The molecule has 0 spiro atoms. The Morgan fingerprint density at radius 1 is 1.20 bits per heavy atom. The monoisotopic (exact) mass is 233 g/mol. The highest BCUT2D eigenvalue weighted by molar-refractivity contribution is 7.89. The molecule has 1 aliphatic carbocycles. The zero-order valence-electron chi connectivity index (χ0n) is 8.48. The van der Waals surface area contributed by atoms with Gasteiger partial charge in [-0.1, -0.05) is 12.8 Å². The fourth-order valence-electron chi connectivity index (χ4n) is 2.65. The molecule has 1 heterocycles. The zero-order valence-corrected chi connectivity index (χ0v) is 9.29. The molecule has 15 heavy (non-hydrogen) atoms. The smallest absolute Gasteiger partial charge is 0.325 e. The van der Waals surface area contributed by atoms with Gasteiger partial charge in [0.2, 0.25) is 10.0 Å². The van der Waals surface area contributed by atoms with Gasteiger partial charge in [0.25, 0.3) is 0 Å². The number of aliphatic carboxylic acids is 1. The largest absolute Gasteiger partial charge is 0.480 e. The molecular formula is C9H15NO4S. The van der Waals surface area contributed by atoms with Crippen LogP contribution in [0, 0.1) is 0 Å². The van der Waals surface area contributed by atoms with Crippen LogP contribution in [-0.4, -0.2) is 41.6 Å². The summed E-state index contributed by atoms with van der Waals surface area (Å²) in [6.07, 6.45) is 3.08. The number of carboxylic acids is 1. The Hall–Kier alpha value is -0.620. The van der Waals surface area contributed by atoms with Crippen LogP contribution < -0.4 is 0 Å². The second-order valence-corrected chi connectivity index (χ2v) is 6.30. The molecule has 0 aromatic heterocycles. The molecular weight excluding hydrogens is 218 g/mol. The highest BCUT2D eigenvalue weighted by Gasteiger charge is 2.52. The number of hydrogen-bond acceptors (Lipinski definition) is 3. The van der Waals surface area contributed by atoms with Crippen LogP contribution in [-0.2, 0) is 14.8 Å². The number of carboxylic acid groups (broad SMARTS) is 1. The van der Waals surface area contributed by atoms with E-state index < -0.39 is 21.5 Å². The summed E-state index contributed by atoms with van der Waals surface area (Å²) in [5.41, 5.74) is -1.13. The summed E-state index contributed by atoms with van der Waals surface area (Å²) < 4.78 is 24.7. The van der Waals surface area contributed by atoms with Gasteiger partial charge in [-0.2, -0.15) is 4.31 Å². The van der Waals surface area contributed by atoms with Crippen LogP contribution in [0.25, 0.3) is 0 Å². The van der Waals surface area contributed by atoms with E-state index in [9.17, 15) is 18.3 Å². The summed E-state index contributed by atoms with van der Waals surface area (Å²) in [5.74, 6) is -0.882. The van der Waals surface area contributed by atoms with Gasteiger partial charge in [-0.25, -0.2) is 8.42 Å². The van der Waals surface area contributed by atoms with E-state index >= 15 is 0 Å². The van der Waals surface area contributed by atoms with Crippen LogP contribution >= 0.6 is 0 Å². The predicted octanol–water partition coefficient (Wildman–Crippen LogP) is 0.419. The highest BCUT2D eigenvalue weighted by atomic mass is 32.2. The lowest BCUT2D eigenvalue weighted by atomic mass is 9.98. The van der Waals surface area contributed by atoms with E-state index in [0.29, 0.717) is 25.8 Å². The molecule has 0 radical (unpaired) electrons. The molecule has 0 aromatic carbocycles. The molecule has 0 atom stereocenters. The van der Waals surface area contributed by atoms with Gasteiger partial charge in [0.15, 0.2) is 0 Å². The van der Waals surface area contributed by atoms with E-state index in [4.69, 9.17) is 0 Å². The number of hydrogen-bond donors (Lipinski definition) is 1. The zero-order chi connectivity index (χ0) is 11.1. The summed E-state index contributed by atoms with van der Waals surface area (Å²) in [5, 5.41) is 9.25. The molecule has 6 heteroatoms. The van der Waals surface area contributed by atoms with Crippen LogP contribution in [0.1, 0.15) is 32.1 Å². The Morgan fingerprint density at radius 2 is 1.80 bits per heavy atom. The third-order valence-corrected chi connectivity index (χ3v) is 5.41. The van der Waals surface area contributed by atoms with Gasteiger partial charge in [-0.15, -0.1) is 0 Å². The maximum atomic E-state index is 11.7. The first-order valence-electron chi connectivity index (χ1n) is 5.23. The van der Waals surface area contributed by atoms with Crippen molar-refractivity contribution >= 4 is 16.0 Å². The van der Waals surface area contributed by atoms with Gasteiger partial charge in [-0.3, -0.25) is 4.79 Å². The average Bonchev–Trinajstić information content (AvgIpc) is 2.71. The second-order valence-electron chi connectivity index (χ2n) is 4.29. The number of carbonyl (C=O) groups is 1. The van der Waals surface area contributed by atoms with Gasteiger partial charge in [0.05, 0.1) is 5.75 Å². The van der Waals surface area contributed by atoms with E-state index in [1.165, 1.54) is 4.31 Å². The maximum Gasteiger partial charge on any atom is 0.325 e. The van der Waals surface area contributed by atoms with E-state index in [1.54, 1.807) is 0 Å². The van der Waals surface area contributed by atoms with Crippen molar-refractivity contribution in [2.75, 3.05) is 12.3 Å². The lowest BCUT2D eigenvalue weighted by Crippen LogP contribution is -2.53. The fraction of sp³-hybridized carbons (Fsp3) is 0.889. The minimum Gasteiger partial charge on any atom is -0.480 e. The molecule has 2 aliphatic rings. The molecule has 1 aliphatic heterocycles. The third kappa shape index (κ3) is 1.56. The van der Waals surface area contributed by atoms with Crippen molar-refractivity contribution < 1.29 is 18.3 Å². The molecule has 2 fully saturated rings. The molecule has 0 amide bonds. The van der Waals surface area contributed by atoms with Crippen molar-refractivity contribution in [1.82, 2.24) is 4.31 Å². The number of rotatable bonds is 2. The maximum absolute atomic E-state index is 11.7. The van der Waals surface area contributed by atoms with Crippen molar-refractivity contribution in [1.29, 1.82) is 0 Å². The molecule has 1 saturated heterocycles. The second kappa shape index (κ2) is 3.45. The Morgan fingerprint density at radius 3 is 2.20 bits per heavy atom. The quantitative estimate of drug-likeness (QED) is 0.750. The van der Waals surface area contributed by atoms with Gasteiger partial charge < -0.3 is 5.11 Å². The summed E-state index contributed by atoms with van der Waals surface area (Å²) >= 11 is 0. The summed E-state index contributed by atoms with van der Waals surface area (Å²) in [6, 6.07) is 0. The van der Waals surface area contributed by atoms with Crippen molar-refractivity contribution in [2.24, 2.45) is 0 Å². The van der Waals surface area contributed by atoms with Crippen LogP contribution in [0.15, 0.2) is 0 Å². The first-order valence-corrected chi connectivity index (χ1v) is 6.84. The van der Waals surface area contributed by atoms with E-state index in [0.717, 1.165) is 12.8 Å². The third-order valence-electron chi connectivity index (χ3n) is 3.41. The minimum absolute atomic E-state index is 0.0992. The summed E-state index contributed by atoms with van der Waals surface area (Å²) in [7, 11) is -3.32. The Kier molecular flexibility index (Phi) is 2.50. The molecule has 0 unspecified atom stereocenters. The van der Waals surface area contributed by atoms with E-state index in [-0.39, 0.29) is 5.75 Å². The lowest BCUT2D eigenvalue weighted by molar-refractivity contribution is -0.148. The Labute approximate surface area is 89.1 Å². The van der Waals surface area contributed by atoms with Gasteiger partial charge in [-0.05, 0) is 19.3 Å². The van der Waals surface area contributed by atoms with E-state index in [1.807, 2.05) is 0 Å². The molecule has 0 bridgehead atoms. The van der Waals surface area contributed by atoms with Gasteiger partial charge in [0, 0.05) is 6.54 Å². The summed E-state index contributed by atoms with van der Waals surface area (Å²) in [6.45, 7) is 0.370. The van der Waals surface area contributed by atoms with Gasteiger partial charge in [0.1, 0.15) is 5.54 Å². The normalized spacial score (nSPS) is 29.3. The van der Waals surface area contributed by atoms with Crippen LogP contribution in [0.5, 0.6) is 0 Å². The van der Waals surface area contributed by atoms with Crippen molar-refractivity contribution in [2.45, 2.75) is 37.6 Å². The molecule has 2 rings (SSSR count). The molecule has 0 aromatic rings. The van der Waals surface area contributed by atoms with Crippen molar-refractivity contribution in [3.63, 3.8) is 0 Å².